The predicted octanol–water partition coefficient (Wildman–Crippen LogP) is 5.22. The maximum atomic E-state index is 6.16. The van der Waals surface area contributed by atoms with Crippen LogP contribution in [0.1, 0.15) is 18.1 Å². The molecule has 0 bridgehead atoms. The minimum Gasteiger partial charge on any atom is -0.487 e. The highest BCUT2D eigenvalue weighted by Gasteiger charge is 2.11. The van der Waals surface area contributed by atoms with Crippen LogP contribution in [0.5, 0.6) is 5.75 Å². The molecule has 1 atom stereocenters. The Bertz CT molecular complexity index is 632. The van der Waals surface area contributed by atoms with Crippen molar-refractivity contribution < 1.29 is 4.74 Å². The summed E-state index contributed by atoms with van der Waals surface area (Å²) in [7, 11) is 0. The number of benzene rings is 2. The Morgan fingerprint density at radius 2 is 1.95 bits per heavy atom. The van der Waals surface area contributed by atoms with E-state index in [0.29, 0.717) is 16.7 Å². The highest BCUT2D eigenvalue weighted by molar-refractivity contribution is 9.10. The Kier molecular flexibility index (Phi) is 5.94. The molecule has 0 saturated heterocycles. The third kappa shape index (κ3) is 4.62. The van der Waals surface area contributed by atoms with Crippen molar-refractivity contribution in [2.75, 3.05) is 0 Å². The van der Waals surface area contributed by atoms with Crippen LogP contribution in [0.2, 0.25) is 10.0 Å². The number of hydrogen-bond donors (Lipinski definition) is 1. The fourth-order valence-electron chi connectivity index (χ4n) is 2.03. The van der Waals surface area contributed by atoms with Gasteiger partial charge in [-0.2, -0.15) is 0 Å². The molecule has 2 N–H and O–H groups in total. The van der Waals surface area contributed by atoms with E-state index >= 15 is 0 Å². The van der Waals surface area contributed by atoms with Crippen molar-refractivity contribution in [1.29, 1.82) is 0 Å². The molecule has 0 aliphatic carbocycles. The van der Waals surface area contributed by atoms with Crippen molar-refractivity contribution in [3.8, 4) is 5.75 Å². The SMILES string of the molecule is CC(N)Cc1cccc(Br)c1OCc1cc(Cl)ccc1Cl. The van der Waals surface area contributed by atoms with E-state index in [4.69, 9.17) is 33.7 Å². The Hall–Kier alpha value is -0.740. The Balaban J connectivity index is 2.21. The predicted molar refractivity (Wildman–Crippen MR) is 92.3 cm³/mol. The second-order valence-corrected chi connectivity index (χ2v) is 6.63. The van der Waals surface area contributed by atoms with E-state index in [1.807, 2.05) is 31.2 Å². The minimum absolute atomic E-state index is 0.0661. The van der Waals surface area contributed by atoms with Crippen molar-refractivity contribution in [2.24, 2.45) is 5.73 Å². The summed E-state index contributed by atoms with van der Waals surface area (Å²) in [6.45, 7) is 2.33. The smallest absolute Gasteiger partial charge is 0.137 e. The maximum Gasteiger partial charge on any atom is 0.137 e. The molecular weight excluding hydrogens is 373 g/mol. The topological polar surface area (TPSA) is 35.2 Å². The standard InChI is InChI=1S/C16H16BrCl2NO/c1-10(20)7-11-3-2-4-14(17)16(11)21-9-12-8-13(18)5-6-15(12)19/h2-6,8,10H,7,9,20H2,1H3. The van der Waals surface area contributed by atoms with Gasteiger partial charge in [-0.25, -0.2) is 0 Å². The van der Waals surface area contributed by atoms with Gasteiger partial charge < -0.3 is 10.5 Å². The minimum atomic E-state index is 0.0661. The number of rotatable bonds is 5. The first kappa shape index (κ1) is 16.6. The summed E-state index contributed by atoms with van der Waals surface area (Å²) in [5, 5.41) is 1.28. The lowest BCUT2D eigenvalue weighted by molar-refractivity contribution is 0.300. The van der Waals surface area contributed by atoms with Gasteiger partial charge in [-0.15, -0.1) is 0 Å². The number of halogens is 3. The number of nitrogens with two attached hydrogens (primary N) is 1. The van der Waals surface area contributed by atoms with E-state index in [1.54, 1.807) is 12.1 Å². The summed E-state index contributed by atoms with van der Waals surface area (Å²) in [5.74, 6) is 0.797. The van der Waals surface area contributed by atoms with E-state index in [2.05, 4.69) is 15.9 Å². The van der Waals surface area contributed by atoms with Crippen molar-refractivity contribution in [1.82, 2.24) is 0 Å². The fraction of sp³-hybridized carbons (Fsp3) is 0.250. The quantitative estimate of drug-likeness (QED) is 0.761. The van der Waals surface area contributed by atoms with Crippen molar-refractivity contribution in [3.63, 3.8) is 0 Å². The van der Waals surface area contributed by atoms with Crippen LogP contribution in [0.25, 0.3) is 0 Å². The van der Waals surface area contributed by atoms with Crippen LogP contribution >= 0.6 is 39.1 Å². The molecule has 1 unspecified atom stereocenters. The molecular formula is C16H16BrCl2NO. The molecule has 0 heterocycles. The van der Waals surface area contributed by atoms with Gasteiger partial charge in [0, 0.05) is 21.7 Å². The van der Waals surface area contributed by atoms with Crippen LogP contribution in [0.4, 0.5) is 0 Å². The molecule has 2 rings (SSSR count). The first-order valence-electron chi connectivity index (χ1n) is 6.57. The average Bonchev–Trinajstić information content (AvgIpc) is 2.41. The largest absolute Gasteiger partial charge is 0.487 e. The normalized spacial score (nSPS) is 12.2. The van der Waals surface area contributed by atoms with E-state index < -0.39 is 0 Å². The molecule has 112 valence electrons. The van der Waals surface area contributed by atoms with Gasteiger partial charge in [0.25, 0.3) is 0 Å². The average molecular weight is 389 g/mol. The Morgan fingerprint density at radius 1 is 1.19 bits per heavy atom. The van der Waals surface area contributed by atoms with Crippen LogP contribution in [0.15, 0.2) is 40.9 Å². The van der Waals surface area contributed by atoms with Gasteiger partial charge in [0.1, 0.15) is 12.4 Å². The van der Waals surface area contributed by atoms with E-state index in [9.17, 15) is 0 Å². The van der Waals surface area contributed by atoms with E-state index in [-0.39, 0.29) is 6.04 Å². The summed E-state index contributed by atoms with van der Waals surface area (Å²) in [5.41, 5.74) is 7.81. The first-order valence-corrected chi connectivity index (χ1v) is 8.12. The molecule has 2 nitrogen and oxygen atoms in total. The molecule has 0 fully saturated rings. The van der Waals surface area contributed by atoms with Crippen LogP contribution in [0.3, 0.4) is 0 Å². The molecule has 0 aliphatic heterocycles. The second kappa shape index (κ2) is 7.50. The van der Waals surface area contributed by atoms with Gasteiger partial charge in [0.05, 0.1) is 4.47 Å². The number of para-hydroxylation sites is 1. The molecule has 2 aromatic carbocycles. The third-order valence-electron chi connectivity index (χ3n) is 2.97. The van der Waals surface area contributed by atoms with Gasteiger partial charge in [-0.05, 0) is 59.1 Å². The summed E-state index contributed by atoms with van der Waals surface area (Å²) in [4.78, 5) is 0. The van der Waals surface area contributed by atoms with Crippen LogP contribution in [-0.4, -0.2) is 6.04 Å². The van der Waals surface area contributed by atoms with Gasteiger partial charge >= 0.3 is 0 Å². The zero-order chi connectivity index (χ0) is 15.4. The number of ether oxygens (including phenoxy) is 1. The molecule has 0 saturated carbocycles. The monoisotopic (exact) mass is 387 g/mol. The summed E-state index contributed by atoms with van der Waals surface area (Å²) in [6.07, 6.45) is 0.748. The lowest BCUT2D eigenvalue weighted by Crippen LogP contribution is -2.18. The van der Waals surface area contributed by atoms with Crippen LogP contribution in [-0.2, 0) is 13.0 Å². The summed E-state index contributed by atoms with van der Waals surface area (Å²) < 4.78 is 6.85. The molecule has 0 radical (unpaired) electrons. The van der Waals surface area contributed by atoms with Gasteiger partial charge in [-0.3, -0.25) is 0 Å². The van der Waals surface area contributed by atoms with Crippen molar-refractivity contribution in [2.45, 2.75) is 26.0 Å². The van der Waals surface area contributed by atoms with Crippen LogP contribution in [0, 0.1) is 0 Å². The molecule has 2 aromatic rings. The lowest BCUT2D eigenvalue weighted by atomic mass is 10.1. The zero-order valence-electron chi connectivity index (χ0n) is 11.6. The second-order valence-electron chi connectivity index (χ2n) is 4.93. The van der Waals surface area contributed by atoms with Crippen LogP contribution < -0.4 is 10.5 Å². The first-order chi connectivity index (χ1) is 9.97. The Morgan fingerprint density at radius 3 is 2.67 bits per heavy atom. The van der Waals surface area contributed by atoms with Gasteiger partial charge in [0.2, 0.25) is 0 Å². The molecule has 5 heteroatoms. The van der Waals surface area contributed by atoms with Crippen molar-refractivity contribution in [3.05, 3.63) is 62.0 Å². The van der Waals surface area contributed by atoms with Gasteiger partial charge in [-0.1, -0.05) is 35.3 Å². The highest BCUT2D eigenvalue weighted by Crippen LogP contribution is 2.31. The highest BCUT2D eigenvalue weighted by atomic mass is 79.9. The molecule has 0 amide bonds. The number of hydrogen-bond acceptors (Lipinski definition) is 2. The van der Waals surface area contributed by atoms with E-state index in [1.165, 1.54) is 0 Å². The zero-order valence-corrected chi connectivity index (χ0v) is 14.7. The molecule has 0 spiro atoms. The molecule has 21 heavy (non-hydrogen) atoms. The maximum absolute atomic E-state index is 6.16. The summed E-state index contributed by atoms with van der Waals surface area (Å²) >= 11 is 15.7. The fourth-order valence-corrected chi connectivity index (χ4v) is 2.92. The van der Waals surface area contributed by atoms with E-state index in [0.717, 1.165) is 27.8 Å². The molecule has 0 aromatic heterocycles. The third-order valence-corrected chi connectivity index (χ3v) is 4.20. The van der Waals surface area contributed by atoms with Crippen molar-refractivity contribution >= 4 is 39.1 Å². The molecule has 0 aliphatic rings. The van der Waals surface area contributed by atoms with Gasteiger partial charge in [0.15, 0.2) is 0 Å². The summed E-state index contributed by atoms with van der Waals surface area (Å²) in [6, 6.07) is 11.3. The Labute approximate surface area is 143 Å². The lowest BCUT2D eigenvalue weighted by Gasteiger charge is -2.15.